The van der Waals surface area contributed by atoms with Gasteiger partial charge in [-0.05, 0) is 0 Å². The summed E-state index contributed by atoms with van der Waals surface area (Å²) in [6.45, 7) is 0. The van der Waals surface area contributed by atoms with Crippen molar-refractivity contribution in [2.75, 3.05) is 0 Å². The summed E-state index contributed by atoms with van der Waals surface area (Å²) in [5.41, 5.74) is 0. The maximum absolute atomic E-state index is 11.3. The minimum Gasteiger partial charge on any atom is -0.481 e. The summed E-state index contributed by atoms with van der Waals surface area (Å²) >= 11 is 0. The van der Waals surface area contributed by atoms with Crippen molar-refractivity contribution < 1.29 is 44.4 Å². The molecule has 1 atom stereocenters. The lowest BCUT2D eigenvalue weighted by Gasteiger charge is -2.13. The number of hydrogen-bond acceptors (Lipinski definition) is 5. The number of rotatable bonds is 8. The van der Waals surface area contributed by atoms with Crippen molar-refractivity contribution in [1.82, 2.24) is 5.32 Å². The summed E-state index contributed by atoms with van der Waals surface area (Å²) in [4.78, 5) is 53.2. The number of nitrogens with one attached hydrogen (secondary N) is 1. The third kappa shape index (κ3) is 6.00. The van der Waals surface area contributed by atoms with E-state index in [0.717, 1.165) is 0 Å². The van der Waals surface area contributed by atoms with E-state index in [-0.39, 0.29) is 0 Å². The van der Waals surface area contributed by atoms with Gasteiger partial charge in [-0.2, -0.15) is 0 Å². The highest BCUT2D eigenvalue weighted by atomic mass is 16.4. The van der Waals surface area contributed by atoms with Crippen LogP contribution in [0.2, 0.25) is 0 Å². The van der Waals surface area contributed by atoms with E-state index in [1.165, 1.54) is 0 Å². The molecule has 0 aromatic heterocycles. The molecule has 0 aliphatic heterocycles. The van der Waals surface area contributed by atoms with Crippen LogP contribution in [-0.2, 0) is 24.0 Å². The van der Waals surface area contributed by atoms with Gasteiger partial charge in [0.15, 0.2) is 5.92 Å². The lowest BCUT2D eigenvalue weighted by atomic mass is 10.1. The number of hydrogen-bond donors (Lipinski definition) is 5. The van der Waals surface area contributed by atoms with Crippen LogP contribution in [-0.4, -0.2) is 56.3 Å². The Kier molecular flexibility index (Phi) is 5.97. The largest absolute Gasteiger partial charge is 0.481 e. The molecule has 0 heterocycles. The van der Waals surface area contributed by atoms with Crippen molar-refractivity contribution in [2.45, 2.75) is 18.9 Å². The van der Waals surface area contributed by atoms with Gasteiger partial charge in [0.1, 0.15) is 6.04 Å². The third-order valence-corrected chi connectivity index (χ3v) is 2.00. The lowest BCUT2D eigenvalue weighted by Crippen LogP contribution is -2.43. The maximum Gasteiger partial charge on any atom is 0.326 e. The van der Waals surface area contributed by atoms with E-state index in [1.54, 1.807) is 5.32 Å². The molecule has 10 heteroatoms. The Hall–Kier alpha value is -2.65. The Morgan fingerprint density at radius 2 is 1.26 bits per heavy atom. The number of carbonyl (C=O) groups excluding carboxylic acids is 1. The molecule has 0 saturated carbocycles. The van der Waals surface area contributed by atoms with Crippen LogP contribution >= 0.6 is 0 Å². The van der Waals surface area contributed by atoms with Crippen molar-refractivity contribution in [2.24, 2.45) is 5.92 Å². The van der Waals surface area contributed by atoms with Gasteiger partial charge in [-0.1, -0.05) is 0 Å². The van der Waals surface area contributed by atoms with Gasteiger partial charge >= 0.3 is 23.9 Å². The second-order valence-electron chi connectivity index (χ2n) is 3.49. The molecule has 0 bridgehead atoms. The van der Waals surface area contributed by atoms with E-state index in [4.69, 9.17) is 20.4 Å². The van der Waals surface area contributed by atoms with Gasteiger partial charge in [0.05, 0.1) is 12.8 Å². The van der Waals surface area contributed by atoms with Crippen LogP contribution in [0.3, 0.4) is 0 Å². The predicted octanol–water partition coefficient (Wildman–Crippen LogP) is -1.79. The van der Waals surface area contributed by atoms with Gasteiger partial charge in [0.25, 0.3) is 0 Å². The molecule has 1 unspecified atom stereocenters. The second-order valence-corrected chi connectivity index (χ2v) is 3.49. The molecule has 0 aromatic rings. The Labute approximate surface area is 105 Å². The topological polar surface area (TPSA) is 178 Å². The van der Waals surface area contributed by atoms with E-state index < -0.39 is 54.6 Å². The number of aliphatic carboxylic acids is 4. The van der Waals surface area contributed by atoms with Crippen LogP contribution in [0.5, 0.6) is 0 Å². The molecule has 106 valence electrons. The van der Waals surface area contributed by atoms with Crippen LogP contribution in [0.1, 0.15) is 12.8 Å². The monoisotopic (exact) mass is 277 g/mol. The van der Waals surface area contributed by atoms with Crippen LogP contribution in [0.25, 0.3) is 0 Å². The molecule has 19 heavy (non-hydrogen) atoms. The standard InChI is InChI=1S/C9H11NO9/c11-5(1-3(7(14)15)8(16)17)10-4(9(18)19)2-6(12)13/h3-4H,1-2H2,(H,10,11)(H,12,13)(H,14,15)(H,16,17)(H,18,19). The summed E-state index contributed by atoms with van der Waals surface area (Å²) in [5, 5.41) is 35.8. The van der Waals surface area contributed by atoms with Crippen molar-refractivity contribution in [1.29, 1.82) is 0 Å². The molecule has 0 aliphatic carbocycles. The third-order valence-electron chi connectivity index (χ3n) is 2.00. The smallest absolute Gasteiger partial charge is 0.326 e. The van der Waals surface area contributed by atoms with Crippen LogP contribution in [0.15, 0.2) is 0 Å². The van der Waals surface area contributed by atoms with Gasteiger partial charge in [-0.25, -0.2) is 4.79 Å². The molecule has 0 rings (SSSR count). The van der Waals surface area contributed by atoms with Crippen molar-refractivity contribution >= 4 is 29.8 Å². The van der Waals surface area contributed by atoms with Crippen LogP contribution in [0, 0.1) is 5.92 Å². The van der Waals surface area contributed by atoms with E-state index >= 15 is 0 Å². The van der Waals surface area contributed by atoms with E-state index in [0.29, 0.717) is 0 Å². The second kappa shape index (κ2) is 6.93. The maximum atomic E-state index is 11.3. The molecule has 0 radical (unpaired) electrons. The minimum atomic E-state index is -2.03. The molecule has 0 fully saturated rings. The fourth-order valence-corrected chi connectivity index (χ4v) is 1.09. The fraction of sp³-hybridized carbons (Fsp3) is 0.444. The molecular weight excluding hydrogens is 266 g/mol. The molecular formula is C9H11NO9. The van der Waals surface area contributed by atoms with Gasteiger partial charge in [-0.3, -0.25) is 19.2 Å². The Morgan fingerprint density at radius 1 is 0.789 bits per heavy atom. The summed E-state index contributed by atoms with van der Waals surface area (Å²) in [7, 11) is 0. The minimum absolute atomic E-state index is 0.911. The number of amides is 1. The zero-order valence-corrected chi connectivity index (χ0v) is 9.40. The van der Waals surface area contributed by atoms with Crippen molar-refractivity contribution in [3.8, 4) is 0 Å². The Balaban J connectivity index is 4.65. The van der Waals surface area contributed by atoms with Crippen LogP contribution in [0.4, 0.5) is 0 Å². The highest BCUT2D eigenvalue weighted by Crippen LogP contribution is 2.05. The summed E-state index contributed by atoms with van der Waals surface area (Å²) in [6, 6.07) is -1.76. The Morgan fingerprint density at radius 3 is 1.58 bits per heavy atom. The zero-order chi connectivity index (χ0) is 15.2. The SMILES string of the molecule is O=C(O)CC(NC(=O)CC(C(=O)O)C(=O)O)C(=O)O. The highest BCUT2D eigenvalue weighted by Gasteiger charge is 2.31. The highest BCUT2D eigenvalue weighted by molar-refractivity contribution is 5.98. The van der Waals surface area contributed by atoms with Crippen LogP contribution < -0.4 is 5.32 Å². The van der Waals surface area contributed by atoms with Gasteiger partial charge in [0, 0.05) is 0 Å². The average molecular weight is 277 g/mol. The molecule has 0 aromatic carbocycles. The average Bonchev–Trinajstić information content (AvgIpc) is 2.23. The summed E-state index contributed by atoms with van der Waals surface area (Å²) in [5.74, 6) is -9.83. The van der Waals surface area contributed by atoms with Gasteiger partial charge < -0.3 is 25.7 Å². The molecule has 0 saturated heterocycles. The quantitative estimate of drug-likeness (QED) is 0.320. The van der Waals surface area contributed by atoms with E-state index in [9.17, 15) is 24.0 Å². The van der Waals surface area contributed by atoms with Gasteiger partial charge in [-0.15, -0.1) is 0 Å². The molecule has 0 aliphatic rings. The summed E-state index contributed by atoms with van der Waals surface area (Å²) < 4.78 is 0. The first-order valence-electron chi connectivity index (χ1n) is 4.84. The molecule has 0 spiro atoms. The summed E-state index contributed by atoms with van der Waals surface area (Å²) in [6.07, 6.45) is -1.90. The van der Waals surface area contributed by atoms with Crippen molar-refractivity contribution in [3.05, 3.63) is 0 Å². The predicted molar refractivity (Wildman–Crippen MR) is 55.2 cm³/mol. The van der Waals surface area contributed by atoms with E-state index in [2.05, 4.69) is 0 Å². The first-order chi connectivity index (χ1) is 8.65. The molecule has 5 N–H and O–H groups in total. The normalized spacial score (nSPS) is 11.6. The van der Waals surface area contributed by atoms with Crippen molar-refractivity contribution in [3.63, 3.8) is 0 Å². The molecule has 10 nitrogen and oxygen atoms in total. The molecule has 1 amide bonds. The number of carboxylic acids is 4. The number of carbonyl (C=O) groups is 5. The number of carboxylic acid groups (broad SMARTS) is 4. The lowest BCUT2D eigenvalue weighted by molar-refractivity contribution is -0.157. The first kappa shape index (κ1) is 16.4. The van der Waals surface area contributed by atoms with Gasteiger partial charge in [0.2, 0.25) is 5.91 Å². The first-order valence-corrected chi connectivity index (χ1v) is 4.84. The zero-order valence-electron chi connectivity index (χ0n) is 9.40. The Bertz CT molecular complexity index is 402. The fourth-order valence-electron chi connectivity index (χ4n) is 1.09. The van der Waals surface area contributed by atoms with E-state index in [1.807, 2.05) is 0 Å².